The van der Waals surface area contributed by atoms with Crippen molar-refractivity contribution >= 4 is 5.91 Å². The third kappa shape index (κ3) is 11.8. The van der Waals surface area contributed by atoms with Crippen molar-refractivity contribution in [3.8, 4) is 0 Å². The van der Waals surface area contributed by atoms with E-state index in [9.17, 15) is 4.79 Å². The van der Waals surface area contributed by atoms with Gasteiger partial charge in [0.05, 0.1) is 45.7 Å². The largest absolute Gasteiger partial charge is 0.394 e. The minimum absolute atomic E-state index is 0.0167. The Kier molecular flexibility index (Phi) is 14.7. The number of hydrogen-bond donors (Lipinski definition) is 2. The van der Waals surface area contributed by atoms with Crippen LogP contribution in [0.3, 0.4) is 0 Å². The Labute approximate surface area is 158 Å². The Bertz CT molecular complexity index is 338. The molecule has 0 aromatic rings. The Morgan fingerprint density at radius 1 is 0.962 bits per heavy atom. The van der Waals surface area contributed by atoms with Gasteiger partial charge in [0.2, 0.25) is 5.91 Å². The van der Waals surface area contributed by atoms with E-state index in [0.717, 1.165) is 38.5 Å². The number of hydroxylamine groups is 2. The molecule has 7 nitrogen and oxygen atoms in total. The lowest BCUT2D eigenvalue weighted by Crippen LogP contribution is -2.38. The van der Waals surface area contributed by atoms with E-state index in [1.54, 1.807) is 0 Å². The zero-order valence-electron chi connectivity index (χ0n) is 16.2. The van der Waals surface area contributed by atoms with E-state index in [2.05, 4.69) is 0 Å². The van der Waals surface area contributed by atoms with Crippen LogP contribution in [0.1, 0.15) is 64.2 Å². The second kappa shape index (κ2) is 16.4. The zero-order chi connectivity index (χ0) is 18.9. The summed E-state index contributed by atoms with van der Waals surface area (Å²) in [5.41, 5.74) is 5.50. The number of amides is 1. The molecule has 0 saturated heterocycles. The molecule has 0 aliphatic heterocycles. The summed E-state index contributed by atoms with van der Waals surface area (Å²) >= 11 is 0. The lowest BCUT2D eigenvalue weighted by atomic mass is 9.98. The summed E-state index contributed by atoms with van der Waals surface area (Å²) in [6.45, 7) is 2.81. The molecule has 0 unspecified atom stereocenters. The molecule has 1 aliphatic rings. The van der Waals surface area contributed by atoms with Crippen LogP contribution in [0.2, 0.25) is 0 Å². The number of carbonyl (C=O) groups is 1. The van der Waals surface area contributed by atoms with Gasteiger partial charge in [0.15, 0.2) is 0 Å². The number of carbonyl (C=O) groups excluding carboxylic acids is 1. The van der Waals surface area contributed by atoms with Gasteiger partial charge in [-0.15, -0.1) is 0 Å². The Morgan fingerprint density at radius 3 is 2.35 bits per heavy atom. The van der Waals surface area contributed by atoms with E-state index in [0.29, 0.717) is 45.9 Å². The third-order valence-corrected chi connectivity index (χ3v) is 4.50. The van der Waals surface area contributed by atoms with Crippen molar-refractivity contribution in [1.82, 2.24) is 5.06 Å². The first-order valence-electron chi connectivity index (χ1n) is 10.2. The first-order chi connectivity index (χ1) is 12.8. The number of nitrogens with zero attached hydrogens (tertiary/aromatic N) is 1. The van der Waals surface area contributed by atoms with Gasteiger partial charge < -0.3 is 20.3 Å². The Morgan fingerprint density at radius 2 is 1.65 bits per heavy atom. The first-order valence-corrected chi connectivity index (χ1v) is 10.2. The van der Waals surface area contributed by atoms with Crippen LogP contribution < -0.4 is 5.73 Å². The molecule has 0 radical (unpaired) electrons. The molecule has 0 atom stereocenters. The van der Waals surface area contributed by atoms with Crippen LogP contribution in [0.5, 0.6) is 0 Å². The van der Waals surface area contributed by atoms with Crippen LogP contribution >= 0.6 is 0 Å². The fraction of sp³-hybridized carbons (Fsp3) is 0.947. The molecule has 26 heavy (non-hydrogen) atoms. The lowest BCUT2D eigenvalue weighted by molar-refractivity contribution is -0.214. The van der Waals surface area contributed by atoms with E-state index in [1.807, 2.05) is 0 Å². The highest BCUT2D eigenvalue weighted by Gasteiger charge is 2.21. The molecule has 7 heteroatoms. The van der Waals surface area contributed by atoms with Gasteiger partial charge in [-0.05, 0) is 32.2 Å². The van der Waals surface area contributed by atoms with Crippen LogP contribution in [0.25, 0.3) is 0 Å². The smallest absolute Gasteiger partial charge is 0.246 e. The van der Waals surface area contributed by atoms with Crippen molar-refractivity contribution < 1.29 is 24.2 Å². The van der Waals surface area contributed by atoms with Gasteiger partial charge >= 0.3 is 0 Å². The lowest BCUT2D eigenvalue weighted by Gasteiger charge is -2.29. The molecule has 1 saturated carbocycles. The predicted molar refractivity (Wildman–Crippen MR) is 101 cm³/mol. The third-order valence-electron chi connectivity index (χ3n) is 4.50. The molecule has 3 N–H and O–H groups in total. The van der Waals surface area contributed by atoms with Gasteiger partial charge in [-0.2, -0.15) is 0 Å². The number of unbranched alkanes of at least 4 members (excludes halogenated alkanes) is 3. The second-order valence-corrected chi connectivity index (χ2v) is 6.76. The van der Waals surface area contributed by atoms with Gasteiger partial charge in [0.1, 0.15) is 0 Å². The second-order valence-electron chi connectivity index (χ2n) is 6.76. The minimum atomic E-state index is 0.0167. The molecule has 154 valence electrons. The summed E-state index contributed by atoms with van der Waals surface area (Å²) in [7, 11) is 0. The van der Waals surface area contributed by atoms with E-state index in [1.165, 1.54) is 24.3 Å². The van der Waals surface area contributed by atoms with Gasteiger partial charge in [-0.3, -0.25) is 9.63 Å². The summed E-state index contributed by atoms with van der Waals surface area (Å²) in [4.78, 5) is 18.5. The molecule has 0 spiro atoms. The first kappa shape index (κ1) is 23.3. The number of aliphatic hydroxyl groups excluding tert-OH is 1. The molecular weight excluding hydrogens is 336 g/mol. The highest BCUT2D eigenvalue weighted by atomic mass is 16.7. The average molecular weight is 375 g/mol. The van der Waals surface area contributed by atoms with Crippen molar-refractivity contribution in [1.29, 1.82) is 0 Å². The number of hydrogen-bond acceptors (Lipinski definition) is 6. The summed E-state index contributed by atoms with van der Waals surface area (Å²) in [6, 6.07) is 0. The predicted octanol–water partition coefficient (Wildman–Crippen LogP) is 2.01. The van der Waals surface area contributed by atoms with Crippen molar-refractivity contribution in [2.24, 2.45) is 5.73 Å². The van der Waals surface area contributed by atoms with Crippen LogP contribution in [-0.2, 0) is 19.1 Å². The summed E-state index contributed by atoms with van der Waals surface area (Å²) < 4.78 is 10.7. The Hall–Kier alpha value is -0.730. The van der Waals surface area contributed by atoms with E-state index >= 15 is 0 Å². The molecular formula is C19H38N2O5. The molecule has 0 aromatic carbocycles. The highest BCUT2D eigenvalue weighted by Crippen LogP contribution is 2.21. The minimum Gasteiger partial charge on any atom is -0.394 e. The molecule has 1 aliphatic carbocycles. The maximum atomic E-state index is 12.5. The van der Waals surface area contributed by atoms with E-state index in [-0.39, 0.29) is 18.6 Å². The molecule has 1 rings (SSSR count). The number of aliphatic hydroxyl groups is 1. The molecule has 1 amide bonds. The maximum absolute atomic E-state index is 12.5. The molecule has 0 bridgehead atoms. The quantitative estimate of drug-likeness (QED) is 0.317. The van der Waals surface area contributed by atoms with Crippen molar-refractivity contribution in [2.75, 3.05) is 46.1 Å². The van der Waals surface area contributed by atoms with Crippen molar-refractivity contribution in [3.63, 3.8) is 0 Å². The monoisotopic (exact) mass is 374 g/mol. The van der Waals surface area contributed by atoms with E-state index in [4.69, 9.17) is 25.2 Å². The number of ether oxygens (including phenoxy) is 2. The summed E-state index contributed by atoms with van der Waals surface area (Å²) in [5.74, 6) is 0.0449. The number of rotatable bonds is 16. The summed E-state index contributed by atoms with van der Waals surface area (Å²) in [5, 5.41) is 10.2. The van der Waals surface area contributed by atoms with Gasteiger partial charge in [0.25, 0.3) is 0 Å². The fourth-order valence-electron chi connectivity index (χ4n) is 3.02. The van der Waals surface area contributed by atoms with Crippen LogP contribution in [0.15, 0.2) is 0 Å². The average Bonchev–Trinajstić information content (AvgIpc) is 2.67. The van der Waals surface area contributed by atoms with Crippen molar-refractivity contribution in [2.45, 2.75) is 70.3 Å². The maximum Gasteiger partial charge on any atom is 0.246 e. The van der Waals surface area contributed by atoms with Crippen molar-refractivity contribution in [3.05, 3.63) is 0 Å². The topological polar surface area (TPSA) is 94.3 Å². The van der Waals surface area contributed by atoms with Crippen LogP contribution in [-0.4, -0.2) is 68.3 Å². The zero-order valence-corrected chi connectivity index (χ0v) is 16.2. The van der Waals surface area contributed by atoms with Gasteiger partial charge in [0, 0.05) is 6.42 Å². The highest BCUT2D eigenvalue weighted by molar-refractivity contribution is 5.75. The standard InChI is InChI=1S/C19H38N2O5/c20-11-7-2-1-6-10-19(23)21(26-18-8-4-3-5-9-18)12-14-24-16-17-25-15-13-22/h18,22H,1-17,20H2. The van der Waals surface area contributed by atoms with Gasteiger partial charge in [-0.25, -0.2) is 5.06 Å². The normalized spacial score (nSPS) is 15.3. The SMILES string of the molecule is NCCCCCCC(=O)N(CCOCCOCCO)OC1CCCCC1. The van der Waals surface area contributed by atoms with Crippen LogP contribution in [0, 0.1) is 0 Å². The van der Waals surface area contributed by atoms with Gasteiger partial charge in [-0.1, -0.05) is 32.1 Å². The summed E-state index contributed by atoms with van der Waals surface area (Å²) in [6.07, 6.45) is 10.3. The molecule has 1 fully saturated rings. The van der Waals surface area contributed by atoms with E-state index < -0.39 is 0 Å². The molecule has 0 heterocycles. The van der Waals surface area contributed by atoms with Crippen LogP contribution in [0.4, 0.5) is 0 Å². The molecule has 0 aromatic heterocycles. The Balaban J connectivity index is 2.28. The fourth-order valence-corrected chi connectivity index (χ4v) is 3.02. The number of nitrogens with two attached hydrogens (primary N) is 1.